The van der Waals surface area contributed by atoms with Crippen LogP contribution in [0.2, 0.25) is 0 Å². The smallest absolute Gasteiger partial charge is 0.410 e. The Morgan fingerprint density at radius 2 is 1.86 bits per heavy atom. The first kappa shape index (κ1) is 24.0. The zero-order valence-electron chi connectivity index (χ0n) is 21.1. The summed E-state index contributed by atoms with van der Waals surface area (Å²) < 4.78 is 13.2. The number of benzene rings is 2. The molecule has 0 radical (unpaired) electrons. The highest BCUT2D eigenvalue weighted by Crippen LogP contribution is 2.37. The van der Waals surface area contributed by atoms with Crippen LogP contribution in [-0.4, -0.2) is 84.8 Å². The van der Waals surface area contributed by atoms with Crippen LogP contribution in [0.4, 0.5) is 4.79 Å². The normalized spacial score (nSPS) is 14.2. The van der Waals surface area contributed by atoms with E-state index in [2.05, 4.69) is 21.8 Å². The Morgan fingerprint density at radius 1 is 1.08 bits per heavy atom. The minimum atomic E-state index is -0.375. The summed E-state index contributed by atoms with van der Waals surface area (Å²) in [6, 6.07) is 9.66. The number of aromatic nitrogens is 2. The van der Waals surface area contributed by atoms with Crippen LogP contribution in [0.15, 0.2) is 36.5 Å². The summed E-state index contributed by atoms with van der Waals surface area (Å²) in [6.45, 7) is 5.43. The van der Waals surface area contributed by atoms with E-state index in [0.717, 1.165) is 44.7 Å². The van der Waals surface area contributed by atoms with Crippen molar-refractivity contribution in [2.45, 2.75) is 6.92 Å². The van der Waals surface area contributed by atoms with Crippen molar-refractivity contribution in [2.75, 3.05) is 53.5 Å². The predicted molar refractivity (Wildman–Crippen MR) is 140 cm³/mol. The van der Waals surface area contributed by atoms with Crippen molar-refractivity contribution in [1.82, 2.24) is 24.7 Å². The number of carbonyl (C=O) groups is 2. The van der Waals surface area contributed by atoms with E-state index in [9.17, 15) is 9.59 Å². The van der Waals surface area contributed by atoms with Gasteiger partial charge in [-0.15, -0.1) is 0 Å². The lowest BCUT2D eigenvalue weighted by atomic mass is 10.00. The van der Waals surface area contributed by atoms with Gasteiger partial charge in [0.1, 0.15) is 11.4 Å². The lowest BCUT2D eigenvalue weighted by Crippen LogP contribution is -2.42. The van der Waals surface area contributed by atoms with Gasteiger partial charge in [0.2, 0.25) is 0 Å². The number of hydrogen-bond donors (Lipinski definition) is 1. The minimum absolute atomic E-state index is 0.193. The molecule has 1 aliphatic rings. The summed E-state index contributed by atoms with van der Waals surface area (Å²) in [5.41, 5.74) is 3.56. The fourth-order valence-corrected chi connectivity index (χ4v) is 4.90. The van der Waals surface area contributed by atoms with Gasteiger partial charge in [-0.25, -0.2) is 4.79 Å². The van der Waals surface area contributed by atoms with Crippen molar-refractivity contribution in [3.8, 4) is 5.75 Å². The van der Waals surface area contributed by atoms with E-state index in [1.807, 2.05) is 56.4 Å². The van der Waals surface area contributed by atoms with Gasteiger partial charge in [-0.2, -0.15) is 0 Å². The maximum atomic E-state index is 13.0. The van der Waals surface area contributed by atoms with E-state index in [-0.39, 0.29) is 12.0 Å². The van der Waals surface area contributed by atoms with Crippen LogP contribution >= 0.6 is 0 Å². The summed E-state index contributed by atoms with van der Waals surface area (Å²) in [5.74, 6) is 0.290. The Labute approximate surface area is 209 Å². The average Bonchev–Trinajstić information content (AvgIpc) is 3.15. The maximum Gasteiger partial charge on any atom is 0.415 e. The van der Waals surface area contributed by atoms with E-state index in [1.165, 1.54) is 0 Å². The molecule has 1 saturated heterocycles. The van der Waals surface area contributed by atoms with Gasteiger partial charge in [-0.05, 0) is 62.3 Å². The molecule has 0 unspecified atom stereocenters. The average molecular weight is 490 g/mol. The topological polar surface area (TPSA) is 88.9 Å². The highest BCUT2D eigenvalue weighted by molar-refractivity contribution is 6.17. The van der Waals surface area contributed by atoms with Crippen LogP contribution in [0, 0.1) is 6.92 Å². The maximum absolute atomic E-state index is 13.0. The standard InChI is InChI=1S/C27H31N5O4/c1-17-19-7-8-28-24(26(33)29-9-10-30(2)3)21(19)16-22-20-15-18(5-6-23(20)31(4)25(17)22)36-27(34)32-11-13-35-14-12-32/h5-8,15-16H,9-14H2,1-4H3,(H,29,33). The molecule has 4 aromatic rings. The van der Waals surface area contributed by atoms with E-state index >= 15 is 0 Å². The molecular weight excluding hydrogens is 458 g/mol. The molecule has 9 heteroatoms. The zero-order chi connectivity index (χ0) is 25.4. The molecule has 5 rings (SSSR count). The van der Waals surface area contributed by atoms with Gasteiger partial charge in [0.15, 0.2) is 0 Å². The molecule has 0 spiro atoms. The molecule has 1 fully saturated rings. The number of carbonyl (C=O) groups excluding carboxylic acids is 2. The third-order valence-corrected chi connectivity index (χ3v) is 6.78. The molecule has 2 aromatic carbocycles. The number of nitrogens with one attached hydrogen (secondary N) is 1. The number of morpholine rings is 1. The molecule has 9 nitrogen and oxygen atoms in total. The molecule has 2 aromatic heterocycles. The molecule has 0 bridgehead atoms. The van der Waals surface area contributed by atoms with Gasteiger partial charge in [-0.3, -0.25) is 9.78 Å². The van der Waals surface area contributed by atoms with E-state index in [1.54, 1.807) is 11.1 Å². The number of amides is 2. The second-order valence-electron chi connectivity index (χ2n) is 9.42. The van der Waals surface area contributed by atoms with E-state index in [0.29, 0.717) is 44.3 Å². The lowest BCUT2D eigenvalue weighted by molar-refractivity contribution is 0.0416. The minimum Gasteiger partial charge on any atom is -0.410 e. The van der Waals surface area contributed by atoms with Gasteiger partial charge < -0.3 is 29.2 Å². The van der Waals surface area contributed by atoms with Crippen molar-refractivity contribution >= 4 is 44.6 Å². The number of ether oxygens (including phenoxy) is 2. The Balaban J connectivity index is 1.57. The number of pyridine rings is 1. The third kappa shape index (κ3) is 4.36. The van der Waals surface area contributed by atoms with Gasteiger partial charge in [0, 0.05) is 61.1 Å². The van der Waals surface area contributed by atoms with Gasteiger partial charge in [0.05, 0.1) is 18.7 Å². The number of fused-ring (bicyclic) bond motifs is 4. The monoisotopic (exact) mass is 489 g/mol. The van der Waals surface area contributed by atoms with Crippen LogP contribution in [0.3, 0.4) is 0 Å². The van der Waals surface area contributed by atoms with Crippen LogP contribution < -0.4 is 10.1 Å². The van der Waals surface area contributed by atoms with Crippen LogP contribution in [0.1, 0.15) is 16.1 Å². The van der Waals surface area contributed by atoms with Crippen molar-refractivity contribution < 1.29 is 19.1 Å². The fourth-order valence-electron chi connectivity index (χ4n) is 4.90. The van der Waals surface area contributed by atoms with Crippen LogP contribution in [0.5, 0.6) is 5.75 Å². The summed E-state index contributed by atoms with van der Waals surface area (Å²) in [4.78, 5) is 33.8. The fraction of sp³-hybridized carbons (Fsp3) is 0.370. The Kier molecular flexibility index (Phi) is 6.51. The van der Waals surface area contributed by atoms with Crippen LogP contribution in [-0.2, 0) is 11.8 Å². The highest BCUT2D eigenvalue weighted by Gasteiger charge is 2.21. The van der Waals surface area contributed by atoms with E-state index < -0.39 is 0 Å². The molecule has 0 saturated carbocycles. The molecule has 2 amide bonds. The molecule has 188 valence electrons. The second-order valence-corrected chi connectivity index (χ2v) is 9.42. The summed E-state index contributed by atoms with van der Waals surface area (Å²) >= 11 is 0. The zero-order valence-corrected chi connectivity index (χ0v) is 21.1. The Hall–Kier alpha value is -3.69. The van der Waals surface area contributed by atoms with Gasteiger partial charge in [-0.1, -0.05) is 0 Å². The van der Waals surface area contributed by atoms with Crippen molar-refractivity contribution in [3.05, 3.63) is 47.8 Å². The highest BCUT2D eigenvalue weighted by atomic mass is 16.6. The summed E-state index contributed by atoms with van der Waals surface area (Å²) in [7, 11) is 5.96. The van der Waals surface area contributed by atoms with Crippen molar-refractivity contribution in [2.24, 2.45) is 7.05 Å². The Bertz CT molecular complexity index is 1470. The van der Waals surface area contributed by atoms with Gasteiger partial charge in [0.25, 0.3) is 5.91 Å². The number of rotatable bonds is 5. The largest absolute Gasteiger partial charge is 0.415 e. The summed E-state index contributed by atoms with van der Waals surface area (Å²) in [5, 5.41) is 6.70. The number of nitrogens with zero attached hydrogens (tertiary/aromatic N) is 4. The number of hydrogen-bond acceptors (Lipinski definition) is 6. The molecule has 0 atom stereocenters. The molecular formula is C27H31N5O4. The molecule has 36 heavy (non-hydrogen) atoms. The molecule has 3 heterocycles. The SMILES string of the molecule is Cc1c2ccnc(C(=O)NCCN(C)C)c2cc2c3cc(OC(=O)N4CCOCC4)ccc3n(C)c12. The van der Waals surface area contributed by atoms with Crippen LogP contribution in [0.25, 0.3) is 32.6 Å². The first-order chi connectivity index (χ1) is 17.3. The second kappa shape index (κ2) is 9.75. The molecule has 1 N–H and O–H groups in total. The summed E-state index contributed by atoms with van der Waals surface area (Å²) in [6.07, 6.45) is 1.31. The predicted octanol–water partition coefficient (Wildman–Crippen LogP) is 3.31. The lowest BCUT2D eigenvalue weighted by Gasteiger charge is -2.25. The molecule has 0 aliphatic carbocycles. The molecule has 1 aliphatic heterocycles. The van der Waals surface area contributed by atoms with Crippen molar-refractivity contribution in [1.29, 1.82) is 0 Å². The Morgan fingerprint density at radius 3 is 2.61 bits per heavy atom. The third-order valence-electron chi connectivity index (χ3n) is 6.78. The first-order valence-electron chi connectivity index (χ1n) is 12.1. The van der Waals surface area contributed by atoms with Gasteiger partial charge >= 0.3 is 6.09 Å². The van der Waals surface area contributed by atoms with Crippen molar-refractivity contribution in [3.63, 3.8) is 0 Å². The quantitative estimate of drug-likeness (QED) is 0.463. The number of likely N-dealkylation sites (N-methyl/N-ethyl adjacent to an activating group) is 1. The number of aryl methyl sites for hydroxylation is 2. The van der Waals surface area contributed by atoms with E-state index in [4.69, 9.17) is 9.47 Å². The first-order valence-corrected chi connectivity index (χ1v) is 12.1.